The Kier molecular flexibility index (Phi) is 10.4. The van der Waals surface area contributed by atoms with Crippen LogP contribution in [0.25, 0.3) is 0 Å². The highest BCUT2D eigenvalue weighted by Gasteiger charge is 2.49. The predicted octanol–water partition coefficient (Wildman–Crippen LogP) is -3.61. The first-order chi connectivity index (χ1) is 17.0. The Morgan fingerprint density at radius 1 is 0.833 bits per heavy atom. The minimum Gasteiger partial charge on any atom is -0.479 e. The summed E-state index contributed by atoms with van der Waals surface area (Å²) in [4.78, 5) is 11.6. The lowest BCUT2D eigenvalue weighted by Crippen LogP contribution is -2.59. The second kappa shape index (κ2) is 12.7. The van der Waals surface area contributed by atoms with Gasteiger partial charge in [-0.25, -0.2) is 4.79 Å². The van der Waals surface area contributed by atoms with Crippen LogP contribution in [-0.4, -0.2) is 141 Å². The Hall–Kier alpha value is -1.01. The Morgan fingerprint density at radius 3 is 2.06 bits per heavy atom. The third kappa shape index (κ3) is 6.17. The van der Waals surface area contributed by atoms with E-state index in [2.05, 4.69) is 0 Å². The van der Waals surface area contributed by atoms with Crippen molar-refractivity contribution in [3.8, 4) is 0 Å². The largest absolute Gasteiger partial charge is 0.479 e. The van der Waals surface area contributed by atoms with Gasteiger partial charge in [0.15, 0.2) is 18.7 Å². The van der Waals surface area contributed by atoms with Crippen LogP contribution in [0, 0.1) is 17.8 Å². The number of aliphatic hydroxyl groups is 7. The topological polar surface area (TPSA) is 225 Å². The highest BCUT2D eigenvalue weighted by molar-refractivity contribution is 5.73. The van der Waals surface area contributed by atoms with Crippen LogP contribution >= 0.6 is 0 Å². The zero-order valence-corrected chi connectivity index (χ0v) is 20.1. The van der Waals surface area contributed by atoms with E-state index >= 15 is 0 Å². The first-order valence-corrected chi connectivity index (χ1v) is 12.1. The van der Waals surface area contributed by atoms with Crippen LogP contribution < -0.4 is 0 Å². The lowest BCUT2D eigenvalue weighted by Gasteiger charge is -2.44. The smallest absolute Gasteiger partial charge is 0.333 e. The van der Waals surface area contributed by atoms with Gasteiger partial charge >= 0.3 is 5.97 Å². The van der Waals surface area contributed by atoms with Crippen molar-refractivity contribution in [1.82, 2.24) is 0 Å². The van der Waals surface area contributed by atoms with Crippen LogP contribution in [0.15, 0.2) is 0 Å². The average molecular weight is 527 g/mol. The number of aliphatic carboxylic acids is 1. The molecule has 14 nitrogen and oxygen atoms in total. The molecule has 0 aromatic carbocycles. The summed E-state index contributed by atoms with van der Waals surface area (Å²) in [5.41, 5.74) is 0. The monoisotopic (exact) mass is 526 g/mol. The average Bonchev–Trinajstić information content (AvgIpc) is 2.85. The highest BCUT2D eigenvalue weighted by Crippen LogP contribution is 2.33. The summed E-state index contributed by atoms with van der Waals surface area (Å²) in [5, 5.41) is 80.6. The maximum Gasteiger partial charge on any atom is 0.333 e. The molecule has 3 aliphatic rings. The molecule has 3 fully saturated rings. The van der Waals surface area contributed by atoms with E-state index < -0.39 is 97.8 Å². The predicted molar refractivity (Wildman–Crippen MR) is 116 cm³/mol. The van der Waals surface area contributed by atoms with E-state index in [9.17, 15) is 45.6 Å². The first-order valence-electron chi connectivity index (χ1n) is 12.1. The summed E-state index contributed by atoms with van der Waals surface area (Å²) in [6.07, 6.45) is -14.2. The molecular formula is C22H38O14. The van der Waals surface area contributed by atoms with E-state index in [0.717, 1.165) is 0 Å². The van der Waals surface area contributed by atoms with Crippen molar-refractivity contribution in [1.29, 1.82) is 0 Å². The molecule has 3 aliphatic heterocycles. The summed E-state index contributed by atoms with van der Waals surface area (Å²) in [7, 11) is 0. The highest BCUT2D eigenvalue weighted by atomic mass is 16.7. The van der Waals surface area contributed by atoms with Crippen LogP contribution in [0.5, 0.6) is 0 Å². The zero-order chi connectivity index (χ0) is 26.7. The standard InChI is InChI=1S/C22H38O14/c1-3-10-15(26)17(28)22(36-19(10)20(30)31)33-6-9-5-32-12(4-23)14(25)11(9)7-34-21-18(29)16(27)13(24)8(2)35-21/h8-19,21-29H,3-7H2,1-2H3,(H,30,31)/t8?,9?,10-,11?,12?,13+,14-,15?,16?,17?,18?,19?,21-,22-/m1/s1. The van der Waals surface area contributed by atoms with Crippen molar-refractivity contribution in [3.63, 3.8) is 0 Å². The number of ether oxygens (including phenoxy) is 5. The summed E-state index contributed by atoms with van der Waals surface area (Å²) >= 11 is 0. The third-order valence-electron chi connectivity index (χ3n) is 7.32. The first kappa shape index (κ1) is 29.5. The van der Waals surface area contributed by atoms with E-state index in [1.54, 1.807) is 6.92 Å². The van der Waals surface area contributed by atoms with E-state index in [4.69, 9.17) is 23.7 Å². The lowest BCUT2D eigenvalue weighted by molar-refractivity contribution is -0.305. The van der Waals surface area contributed by atoms with Gasteiger partial charge in [-0.1, -0.05) is 6.92 Å². The fourth-order valence-corrected chi connectivity index (χ4v) is 4.92. The molecule has 0 bridgehead atoms. The second-order valence-corrected chi connectivity index (χ2v) is 9.63. The van der Waals surface area contributed by atoms with Gasteiger partial charge in [0.2, 0.25) is 0 Å². The normalized spacial score (nSPS) is 48.0. The Balaban J connectivity index is 1.66. The lowest BCUT2D eigenvalue weighted by atomic mass is 9.84. The fraction of sp³-hybridized carbons (Fsp3) is 0.955. The van der Waals surface area contributed by atoms with Crippen molar-refractivity contribution >= 4 is 5.97 Å². The molecule has 36 heavy (non-hydrogen) atoms. The number of carboxylic acids is 1. The molecular weight excluding hydrogens is 488 g/mol. The Bertz CT molecular complexity index is 710. The molecule has 0 amide bonds. The van der Waals surface area contributed by atoms with Gasteiger partial charge in [0, 0.05) is 17.8 Å². The quantitative estimate of drug-likeness (QED) is 0.145. The van der Waals surface area contributed by atoms with Gasteiger partial charge in [0.25, 0.3) is 0 Å². The zero-order valence-electron chi connectivity index (χ0n) is 20.1. The number of aliphatic hydroxyl groups excluding tert-OH is 7. The molecule has 210 valence electrons. The minimum atomic E-state index is -1.55. The molecule has 0 aliphatic carbocycles. The van der Waals surface area contributed by atoms with Gasteiger partial charge < -0.3 is 64.5 Å². The molecule has 0 aromatic heterocycles. The van der Waals surface area contributed by atoms with Crippen molar-refractivity contribution < 1.29 is 69.3 Å². The van der Waals surface area contributed by atoms with Gasteiger partial charge in [-0.2, -0.15) is 0 Å². The number of carbonyl (C=O) groups is 1. The number of hydrogen-bond donors (Lipinski definition) is 8. The molecule has 14 heteroatoms. The fourth-order valence-electron chi connectivity index (χ4n) is 4.92. The molecule has 0 aromatic rings. The van der Waals surface area contributed by atoms with Gasteiger partial charge in [-0.05, 0) is 13.3 Å². The number of rotatable bonds is 9. The van der Waals surface area contributed by atoms with Gasteiger partial charge in [0.1, 0.15) is 30.5 Å². The van der Waals surface area contributed by atoms with Crippen molar-refractivity contribution in [3.05, 3.63) is 0 Å². The minimum absolute atomic E-state index is 0.00650. The van der Waals surface area contributed by atoms with Crippen LogP contribution in [0.2, 0.25) is 0 Å². The number of hydrogen-bond acceptors (Lipinski definition) is 13. The summed E-state index contributed by atoms with van der Waals surface area (Å²) in [6.45, 7) is 2.25. The van der Waals surface area contributed by atoms with Gasteiger partial charge in [0.05, 0.1) is 44.7 Å². The number of carboxylic acid groups (broad SMARTS) is 1. The van der Waals surface area contributed by atoms with E-state index in [1.807, 2.05) is 0 Å². The summed E-state index contributed by atoms with van der Waals surface area (Å²) in [5.74, 6) is -3.48. The molecule has 8 N–H and O–H groups in total. The van der Waals surface area contributed by atoms with Crippen molar-refractivity contribution in [2.75, 3.05) is 26.4 Å². The molecule has 3 rings (SSSR count). The van der Waals surface area contributed by atoms with Crippen LogP contribution in [0.3, 0.4) is 0 Å². The maximum absolute atomic E-state index is 11.6. The molecule has 3 saturated heterocycles. The van der Waals surface area contributed by atoms with Crippen molar-refractivity contribution in [2.24, 2.45) is 17.8 Å². The van der Waals surface area contributed by atoms with Crippen molar-refractivity contribution in [2.45, 2.75) is 87.8 Å². The van der Waals surface area contributed by atoms with E-state index in [0.29, 0.717) is 0 Å². The molecule has 0 radical (unpaired) electrons. The van der Waals surface area contributed by atoms with E-state index in [-0.39, 0.29) is 26.2 Å². The second-order valence-electron chi connectivity index (χ2n) is 9.63. The third-order valence-corrected chi connectivity index (χ3v) is 7.32. The summed E-state index contributed by atoms with van der Waals surface area (Å²) in [6, 6.07) is 0. The van der Waals surface area contributed by atoms with E-state index in [1.165, 1.54) is 6.92 Å². The summed E-state index contributed by atoms with van der Waals surface area (Å²) < 4.78 is 27.6. The Labute approximate surface area is 207 Å². The van der Waals surface area contributed by atoms with Crippen LogP contribution in [-0.2, 0) is 28.5 Å². The molecule has 0 spiro atoms. The SMILES string of the molecule is CC[C@H]1C(C(=O)O)O[C@@H](OCC2COC(CO)[C@H](O)C2CO[C@@H]2OC(C)[C@H](O)C(O)C2O)C(O)C1O. The van der Waals surface area contributed by atoms with Gasteiger partial charge in [-0.15, -0.1) is 0 Å². The molecule has 3 heterocycles. The molecule has 9 unspecified atom stereocenters. The van der Waals surface area contributed by atoms with Crippen LogP contribution in [0.4, 0.5) is 0 Å². The molecule has 14 atom stereocenters. The maximum atomic E-state index is 11.6. The van der Waals surface area contributed by atoms with Crippen LogP contribution in [0.1, 0.15) is 20.3 Å². The Morgan fingerprint density at radius 2 is 1.44 bits per heavy atom. The molecule has 0 saturated carbocycles. The van der Waals surface area contributed by atoms with Gasteiger partial charge in [-0.3, -0.25) is 0 Å².